The van der Waals surface area contributed by atoms with Crippen molar-refractivity contribution in [3.63, 3.8) is 0 Å². The highest BCUT2D eigenvalue weighted by Crippen LogP contribution is 2.14. The summed E-state index contributed by atoms with van der Waals surface area (Å²) in [4.78, 5) is 4.27. The van der Waals surface area contributed by atoms with Gasteiger partial charge < -0.3 is 5.11 Å². The molecule has 1 aromatic rings. The normalized spacial score (nSPS) is 11.9. The Morgan fingerprint density at radius 2 is 2.25 bits per heavy atom. The lowest BCUT2D eigenvalue weighted by molar-refractivity contribution is 0.295. The Morgan fingerprint density at radius 1 is 1.50 bits per heavy atom. The Bertz CT molecular complexity index is 411. The molecule has 0 radical (unpaired) electrons. The summed E-state index contributed by atoms with van der Waals surface area (Å²) >= 11 is 1.51. The summed E-state index contributed by atoms with van der Waals surface area (Å²) in [7, 11) is -3.11. The second-order valence-corrected chi connectivity index (χ2v) is 6.78. The molecular formula is C10H17NO3S2. The van der Waals surface area contributed by atoms with E-state index in [4.69, 9.17) is 5.11 Å². The summed E-state index contributed by atoms with van der Waals surface area (Å²) < 4.78 is 23.2. The third kappa shape index (κ3) is 4.59. The second kappa shape index (κ2) is 6.32. The third-order valence-electron chi connectivity index (χ3n) is 2.04. The predicted octanol–water partition coefficient (Wildman–Crippen LogP) is 1.39. The van der Waals surface area contributed by atoms with Crippen molar-refractivity contribution < 1.29 is 13.5 Å². The summed E-state index contributed by atoms with van der Waals surface area (Å²) in [6, 6.07) is 0. The molecule has 0 saturated heterocycles. The fourth-order valence-corrected chi connectivity index (χ4v) is 3.64. The van der Waals surface area contributed by atoms with Gasteiger partial charge in [0, 0.05) is 12.0 Å². The van der Waals surface area contributed by atoms with Crippen LogP contribution in [0.15, 0.2) is 5.38 Å². The van der Waals surface area contributed by atoms with Crippen LogP contribution in [0.25, 0.3) is 0 Å². The van der Waals surface area contributed by atoms with Gasteiger partial charge >= 0.3 is 0 Å². The Labute approximate surface area is 100 Å². The standard InChI is InChI=1S/C10H17NO3S2/c1-2-4-10-11-9(7-15-10)8-16(13,14)6-3-5-12/h7,12H,2-6,8H2,1H3. The van der Waals surface area contributed by atoms with Crippen LogP contribution in [0.4, 0.5) is 0 Å². The van der Waals surface area contributed by atoms with E-state index in [-0.39, 0.29) is 18.1 Å². The average Bonchev–Trinajstić information content (AvgIpc) is 2.62. The molecule has 0 amide bonds. The average molecular weight is 263 g/mol. The minimum atomic E-state index is -3.11. The van der Waals surface area contributed by atoms with Crippen LogP contribution in [0, 0.1) is 0 Å². The first kappa shape index (κ1) is 13.6. The molecule has 0 saturated carbocycles. The largest absolute Gasteiger partial charge is 0.396 e. The van der Waals surface area contributed by atoms with Crippen LogP contribution in [-0.2, 0) is 22.0 Å². The van der Waals surface area contributed by atoms with Crippen molar-refractivity contribution in [3.05, 3.63) is 16.1 Å². The van der Waals surface area contributed by atoms with Gasteiger partial charge in [-0.1, -0.05) is 6.92 Å². The molecule has 0 bridgehead atoms. The molecule has 1 N–H and O–H groups in total. The van der Waals surface area contributed by atoms with E-state index in [2.05, 4.69) is 11.9 Å². The number of aryl methyl sites for hydroxylation is 1. The van der Waals surface area contributed by atoms with E-state index in [1.54, 1.807) is 0 Å². The van der Waals surface area contributed by atoms with Crippen LogP contribution < -0.4 is 0 Å². The lowest BCUT2D eigenvalue weighted by Crippen LogP contribution is -2.10. The smallest absolute Gasteiger partial charge is 0.156 e. The van der Waals surface area contributed by atoms with Gasteiger partial charge in [0.05, 0.1) is 22.2 Å². The maximum absolute atomic E-state index is 11.6. The lowest BCUT2D eigenvalue weighted by atomic mass is 10.3. The number of hydrogen-bond acceptors (Lipinski definition) is 5. The van der Waals surface area contributed by atoms with Crippen molar-refractivity contribution in [3.8, 4) is 0 Å². The SMILES string of the molecule is CCCc1nc(CS(=O)(=O)CCCO)cs1. The number of aliphatic hydroxyl groups excluding tert-OH is 1. The molecule has 0 fully saturated rings. The topological polar surface area (TPSA) is 67.3 Å². The van der Waals surface area contributed by atoms with E-state index < -0.39 is 9.84 Å². The van der Waals surface area contributed by atoms with E-state index in [1.165, 1.54) is 11.3 Å². The number of aliphatic hydroxyl groups is 1. The van der Waals surface area contributed by atoms with Gasteiger partial charge in [-0.3, -0.25) is 0 Å². The van der Waals surface area contributed by atoms with E-state index in [1.807, 2.05) is 5.38 Å². The van der Waals surface area contributed by atoms with Crippen LogP contribution in [0.3, 0.4) is 0 Å². The lowest BCUT2D eigenvalue weighted by Gasteiger charge is -2.00. The van der Waals surface area contributed by atoms with Gasteiger partial charge in [-0.05, 0) is 19.3 Å². The van der Waals surface area contributed by atoms with Gasteiger partial charge in [-0.15, -0.1) is 11.3 Å². The fraction of sp³-hybridized carbons (Fsp3) is 0.700. The van der Waals surface area contributed by atoms with E-state index in [0.717, 1.165) is 17.8 Å². The fourth-order valence-electron chi connectivity index (χ4n) is 1.33. The molecule has 1 aromatic heterocycles. The monoisotopic (exact) mass is 263 g/mol. The molecule has 0 aliphatic rings. The van der Waals surface area contributed by atoms with Crippen LogP contribution in [-0.4, -0.2) is 30.9 Å². The molecule has 92 valence electrons. The number of sulfone groups is 1. The van der Waals surface area contributed by atoms with Gasteiger partial charge in [-0.25, -0.2) is 13.4 Å². The zero-order valence-electron chi connectivity index (χ0n) is 9.35. The summed E-state index contributed by atoms with van der Waals surface area (Å²) in [5.41, 5.74) is 0.631. The highest BCUT2D eigenvalue weighted by Gasteiger charge is 2.13. The highest BCUT2D eigenvalue weighted by atomic mass is 32.2. The van der Waals surface area contributed by atoms with Crippen LogP contribution in [0.1, 0.15) is 30.5 Å². The molecule has 0 atom stereocenters. The van der Waals surface area contributed by atoms with Crippen LogP contribution in [0.2, 0.25) is 0 Å². The minimum absolute atomic E-state index is 0.00673. The first-order valence-corrected chi connectivity index (χ1v) is 8.02. The second-order valence-electron chi connectivity index (χ2n) is 3.65. The number of hydrogen-bond donors (Lipinski definition) is 1. The number of nitrogens with zero attached hydrogens (tertiary/aromatic N) is 1. The molecule has 0 spiro atoms. The summed E-state index contributed by atoms with van der Waals surface area (Å²) in [5, 5.41) is 11.4. The van der Waals surface area contributed by atoms with Crippen molar-refractivity contribution in [1.29, 1.82) is 0 Å². The van der Waals surface area contributed by atoms with E-state index in [0.29, 0.717) is 12.1 Å². The van der Waals surface area contributed by atoms with Gasteiger partial charge in [0.2, 0.25) is 0 Å². The molecule has 0 unspecified atom stereocenters. The van der Waals surface area contributed by atoms with E-state index >= 15 is 0 Å². The Morgan fingerprint density at radius 3 is 2.88 bits per heavy atom. The zero-order valence-corrected chi connectivity index (χ0v) is 11.0. The summed E-state index contributed by atoms with van der Waals surface area (Å²) in [5.74, 6) is 0.0252. The van der Waals surface area contributed by atoms with Gasteiger partial charge in [0.25, 0.3) is 0 Å². The predicted molar refractivity (Wildman–Crippen MR) is 65.3 cm³/mol. The Hall–Kier alpha value is -0.460. The summed E-state index contributed by atoms with van der Waals surface area (Å²) in [6.07, 6.45) is 2.22. The number of rotatable bonds is 7. The number of aromatic nitrogens is 1. The summed E-state index contributed by atoms with van der Waals surface area (Å²) in [6.45, 7) is 1.98. The molecule has 1 rings (SSSR count). The highest BCUT2D eigenvalue weighted by molar-refractivity contribution is 7.90. The van der Waals surface area contributed by atoms with Crippen molar-refractivity contribution >= 4 is 21.2 Å². The first-order valence-electron chi connectivity index (χ1n) is 5.32. The van der Waals surface area contributed by atoms with Crippen LogP contribution in [0.5, 0.6) is 0 Å². The van der Waals surface area contributed by atoms with E-state index in [9.17, 15) is 8.42 Å². The molecule has 16 heavy (non-hydrogen) atoms. The number of thiazole rings is 1. The quantitative estimate of drug-likeness (QED) is 0.807. The van der Waals surface area contributed by atoms with Gasteiger partial charge in [0.15, 0.2) is 9.84 Å². The maximum atomic E-state index is 11.6. The molecule has 0 aliphatic heterocycles. The zero-order chi connectivity index (χ0) is 12.0. The van der Waals surface area contributed by atoms with Crippen molar-refractivity contribution in [2.45, 2.75) is 31.9 Å². The van der Waals surface area contributed by atoms with Crippen molar-refractivity contribution in [2.24, 2.45) is 0 Å². The molecule has 1 heterocycles. The molecule has 0 aliphatic carbocycles. The maximum Gasteiger partial charge on any atom is 0.156 e. The first-order chi connectivity index (χ1) is 7.57. The molecule has 4 nitrogen and oxygen atoms in total. The Balaban J connectivity index is 2.58. The molecule has 0 aromatic carbocycles. The molecule has 6 heteroatoms. The third-order valence-corrected chi connectivity index (χ3v) is 4.65. The minimum Gasteiger partial charge on any atom is -0.396 e. The van der Waals surface area contributed by atoms with Gasteiger partial charge in [-0.2, -0.15) is 0 Å². The van der Waals surface area contributed by atoms with Crippen molar-refractivity contribution in [1.82, 2.24) is 4.98 Å². The van der Waals surface area contributed by atoms with Crippen LogP contribution >= 0.6 is 11.3 Å². The van der Waals surface area contributed by atoms with Gasteiger partial charge in [0.1, 0.15) is 0 Å². The Kier molecular flexibility index (Phi) is 5.37. The van der Waals surface area contributed by atoms with Crippen molar-refractivity contribution in [2.75, 3.05) is 12.4 Å². The molecular weight excluding hydrogens is 246 g/mol.